The number of ether oxygens (including phenoxy) is 2. The predicted molar refractivity (Wildman–Crippen MR) is 79.7 cm³/mol. The van der Waals surface area contributed by atoms with Gasteiger partial charge in [0.15, 0.2) is 0 Å². The summed E-state index contributed by atoms with van der Waals surface area (Å²) in [6.07, 6.45) is 6.48. The van der Waals surface area contributed by atoms with Gasteiger partial charge in [0, 0.05) is 39.4 Å². The second kappa shape index (κ2) is 10.6. The minimum atomic E-state index is 0.688. The fourth-order valence-corrected chi connectivity index (χ4v) is 2.92. The van der Waals surface area contributed by atoms with Crippen molar-refractivity contribution in [2.75, 3.05) is 47.1 Å². The van der Waals surface area contributed by atoms with E-state index in [2.05, 4.69) is 17.1 Å². The van der Waals surface area contributed by atoms with Gasteiger partial charge in [-0.2, -0.15) is 0 Å². The first-order chi connectivity index (χ1) is 9.31. The number of methoxy groups -OCH3 is 2. The van der Waals surface area contributed by atoms with E-state index in [1.54, 1.807) is 14.2 Å². The van der Waals surface area contributed by atoms with Crippen LogP contribution in [0.5, 0.6) is 0 Å². The second-order valence-corrected chi connectivity index (χ2v) is 5.49. The molecule has 1 N–H and O–H groups in total. The Hall–Kier alpha value is -0.160. The molecular formula is C15H32N2O2. The van der Waals surface area contributed by atoms with Crippen molar-refractivity contribution in [1.82, 2.24) is 10.2 Å². The largest absolute Gasteiger partial charge is 0.383 e. The van der Waals surface area contributed by atoms with Gasteiger partial charge < -0.3 is 14.8 Å². The number of nitrogens with one attached hydrogen (secondary N) is 1. The SMILES string of the molecule is CCCNC1CCCC(N(CCOC)CCOC)C1. The zero-order valence-electron chi connectivity index (χ0n) is 13.0. The van der Waals surface area contributed by atoms with Crippen molar-refractivity contribution in [3.63, 3.8) is 0 Å². The molecule has 1 aliphatic rings. The summed E-state index contributed by atoms with van der Waals surface area (Å²) < 4.78 is 10.5. The molecular weight excluding hydrogens is 240 g/mol. The summed E-state index contributed by atoms with van der Waals surface area (Å²) in [7, 11) is 3.56. The number of hydrogen-bond acceptors (Lipinski definition) is 4. The van der Waals surface area contributed by atoms with Gasteiger partial charge in [-0.25, -0.2) is 0 Å². The van der Waals surface area contributed by atoms with Gasteiger partial charge >= 0.3 is 0 Å². The summed E-state index contributed by atoms with van der Waals surface area (Å²) in [5.74, 6) is 0. The lowest BCUT2D eigenvalue weighted by molar-refractivity contribution is 0.0681. The molecule has 2 unspecified atom stereocenters. The van der Waals surface area contributed by atoms with Gasteiger partial charge in [0.2, 0.25) is 0 Å². The molecule has 2 atom stereocenters. The van der Waals surface area contributed by atoms with Crippen molar-refractivity contribution in [2.24, 2.45) is 0 Å². The van der Waals surface area contributed by atoms with Crippen LogP contribution in [0.25, 0.3) is 0 Å². The standard InChI is InChI=1S/C15H32N2O2/c1-4-8-16-14-6-5-7-15(13-14)17(9-11-18-2)10-12-19-3/h14-16H,4-13H2,1-3H3. The lowest BCUT2D eigenvalue weighted by Crippen LogP contribution is -2.46. The van der Waals surface area contributed by atoms with Crippen molar-refractivity contribution in [1.29, 1.82) is 0 Å². The molecule has 1 saturated carbocycles. The Labute approximate surface area is 118 Å². The van der Waals surface area contributed by atoms with Crippen LogP contribution in [0.2, 0.25) is 0 Å². The molecule has 0 aromatic rings. The van der Waals surface area contributed by atoms with Crippen LogP contribution in [0.3, 0.4) is 0 Å². The second-order valence-electron chi connectivity index (χ2n) is 5.49. The van der Waals surface area contributed by atoms with Gasteiger partial charge in [0.05, 0.1) is 13.2 Å². The van der Waals surface area contributed by atoms with Crippen LogP contribution in [0.1, 0.15) is 39.0 Å². The molecule has 4 heteroatoms. The molecule has 0 radical (unpaired) electrons. The summed E-state index contributed by atoms with van der Waals surface area (Å²) in [5, 5.41) is 3.68. The van der Waals surface area contributed by atoms with Gasteiger partial charge in [-0.15, -0.1) is 0 Å². The highest BCUT2D eigenvalue weighted by Crippen LogP contribution is 2.23. The Morgan fingerprint density at radius 1 is 1.11 bits per heavy atom. The van der Waals surface area contributed by atoms with E-state index in [1.807, 2.05) is 0 Å². The molecule has 0 saturated heterocycles. The van der Waals surface area contributed by atoms with E-state index in [4.69, 9.17) is 9.47 Å². The molecule has 0 aromatic heterocycles. The van der Waals surface area contributed by atoms with Crippen molar-refractivity contribution in [2.45, 2.75) is 51.1 Å². The first kappa shape index (κ1) is 16.9. The third-order valence-electron chi connectivity index (χ3n) is 4.01. The normalized spacial score (nSPS) is 24.0. The van der Waals surface area contributed by atoms with Gasteiger partial charge in [-0.05, 0) is 32.2 Å². The molecule has 0 bridgehead atoms. The highest BCUT2D eigenvalue weighted by atomic mass is 16.5. The predicted octanol–water partition coefficient (Wildman–Crippen LogP) is 1.89. The van der Waals surface area contributed by atoms with Crippen LogP contribution in [0.4, 0.5) is 0 Å². The van der Waals surface area contributed by atoms with Gasteiger partial charge in [0.25, 0.3) is 0 Å². The summed E-state index contributed by atoms with van der Waals surface area (Å²) >= 11 is 0. The molecule has 114 valence electrons. The van der Waals surface area contributed by atoms with E-state index < -0.39 is 0 Å². The smallest absolute Gasteiger partial charge is 0.0589 e. The van der Waals surface area contributed by atoms with E-state index in [1.165, 1.54) is 32.1 Å². The minimum Gasteiger partial charge on any atom is -0.383 e. The van der Waals surface area contributed by atoms with Crippen molar-refractivity contribution in [3.05, 3.63) is 0 Å². The first-order valence-electron chi connectivity index (χ1n) is 7.77. The molecule has 1 fully saturated rings. The van der Waals surface area contributed by atoms with E-state index in [0.29, 0.717) is 12.1 Å². The Balaban J connectivity index is 2.41. The lowest BCUT2D eigenvalue weighted by atomic mass is 9.89. The maximum absolute atomic E-state index is 5.24. The third kappa shape index (κ3) is 6.70. The van der Waals surface area contributed by atoms with Crippen LogP contribution >= 0.6 is 0 Å². The lowest BCUT2D eigenvalue weighted by Gasteiger charge is -2.37. The Bertz CT molecular complexity index is 206. The molecule has 0 amide bonds. The highest BCUT2D eigenvalue weighted by molar-refractivity contribution is 4.84. The average Bonchev–Trinajstić information content (AvgIpc) is 2.45. The van der Waals surface area contributed by atoms with E-state index in [0.717, 1.165) is 32.8 Å². The third-order valence-corrected chi connectivity index (χ3v) is 4.01. The maximum atomic E-state index is 5.24. The number of nitrogens with zero attached hydrogens (tertiary/aromatic N) is 1. The van der Waals surface area contributed by atoms with Crippen LogP contribution < -0.4 is 5.32 Å². The number of rotatable bonds is 10. The van der Waals surface area contributed by atoms with Gasteiger partial charge in [0.1, 0.15) is 0 Å². The number of hydrogen-bond donors (Lipinski definition) is 1. The average molecular weight is 272 g/mol. The minimum absolute atomic E-state index is 0.688. The van der Waals surface area contributed by atoms with Crippen molar-refractivity contribution in [3.8, 4) is 0 Å². The monoisotopic (exact) mass is 272 g/mol. The summed E-state index contributed by atoms with van der Waals surface area (Å²) in [6, 6.07) is 1.39. The van der Waals surface area contributed by atoms with Crippen molar-refractivity contribution < 1.29 is 9.47 Å². The quantitative estimate of drug-likeness (QED) is 0.658. The van der Waals surface area contributed by atoms with Gasteiger partial charge in [-0.1, -0.05) is 13.3 Å². The van der Waals surface area contributed by atoms with E-state index in [-0.39, 0.29) is 0 Å². The molecule has 19 heavy (non-hydrogen) atoms. The Morgan fingerprint density at radius 2 is 1.79 bits per heavy atom. The molecule has 0 heterocycles. The zero-order valence-corrected chi connectivity index (χ0v) is 13.0. The van der Waals surface area contributed by atoms with E-state index in [9.17, 15) is 0 Å². The summed E-state index contributed by atoms with van der Waals surface area (Å²) in [6.45, 7) is 7.04. The van der Waals surface area contributed by atoms with Gasteiger partial charge in [-0.3, -0.25) is 4.90 Å². The summed E-state index contributed by atoms with van der Waals surface area (Å²) in [4.78, 5) is 2.55. The zero-order chi connectivity index (χ0) is 13.9. The van der Waals surface area contributed by atoms with Crippen LogP contribution in [-0.4, -0.2) is 64.1 Å². The first-order valence-corrected chi connectivity index (χ1v) is 7.77. The van der Waals surface area contributed by atoms with Crippen LogP contribution in [0, 0.1) is 0 Å². The van der Waals surface area contributed by atoms with Crippen LogP contribution in [0.15, 0.2) is 0 Å². The molecule has 4 nitrogen and oxygen atoms in total. The molecule has 0 spiro atoms. The molecule has 0 aliphatic heterocycles. The summed E-state index contributed by atoms with van der Waals surface area (Å²) in [5.41, 5.74) is 0. The Kier molecular flexibility index (Phi) is 9.43. The fourth-order valence-electron chi connectivity index (χ4n) is 2.92. The topological polar surface area (TPSA) is 33.7 Å². The fraction of sp³-hybridized carbons (Fsp3) is 1.00. The van der Waals surface area contributed by atoms with E-state index >= 15 is 0 Å². The molecule has 0 aromatic carbocycles. The Morgan fingerprint density at radius 3 is 2.37 bits per heavy atom. The highest BCUT2D eigenvalue weighted by Gasteiger charge is 2.25. The molecule has 1 aliphatic carbocycles. The van der Waals surface area contributed by atoms with Crippen LogP contribution in [-0.2, 0) is 9.47 Å². The molecule has 1 rings (SSSR count). The van der Waals surface area contributed by atoms with Crippen molar-refractivity contribution >= 4 is 0 Å². The maximum Gasteiger partial charge on any atom is 0.0589 e.